The molecule has 1 atom stereocenters. The molecule has 0 saturated heterocycles. The Balaban J connectivity index is 4.12. The molecule has 0 aromatic carbocycles. The van der Waals surface area contributed by atoms with Gasteiger partial charge >= 0.3 is 5.97 Å². The van der Waals surface area contributed by atoms with E-state index in [1.54, 1.807) is 11.8 Å². The summed E-state index contributed by atoms with van der Waals surface area (Å²) in [6, 6.07) is -0.400. The fraction of sp³-hybridized carbons (Fsp3) is 0.833. The van der Waals surface area contributed by atoms with Crippen molar-refractivity contribution in [1.82, 2.24) is 10.2 Å². The van der Waals surface area contributed by atoms with Crippen LogP contribution >= 0.6 is 0 Å². The van der Waals surface area contributed by atoms with Gasteiger partial charge in [0.25, 0.3) is 0 Å². The van der Waals surface area contributed by atoms with E-state index in [-0.39, 0.29) is 12.5 Å². The summed E-state index contributed by atoms with van der Waals surface area (Å²) in [6.45, 7) is 8.86. The van der Waals surface area contributed by atoms with E-state index < -0.39 is 12.0 Å². The van der Waals surface area contributed by atoms with Crippen LogP contribution in [0.3, 0.4) is 0 Å². The Morgan fingerprint density at radius 1 is 1.29 bits per heavy atom. The molecule has 0 rings (SSSR count). The molecule has 0 bridgehead atoms. The van der Waals surface area contributed by atoms with Crippen molar-refractivity contribution in [1.29, 1.82) is 0 Å². The first-order chi connectivity index (χ1) is 7.88. The van der Waals surface area contributed by atoms with Crippen LogP contribution in [0.25, 0.3) is 0 Å². The Labute approximate surface area is 103 Å². The second kappa shape index (κ2) is 8.06. The molecule has 2 N–H and O–H groups in total. The second-order valence-electron chi connectivity index (χ2n) is 4.61. The molecule has 0 aliphatic heterocycles. The highest BCUT2D eigenvalue weighted by atomic mass is 16.4. The quantitative estimate of drug-likeness (QED) is 0.667. The number of carbonyl (C=O) groups is 2. The Hall–Kier alpha value is -1.10. The van der Waals surface area contributed by atoms with E-state index in [2.05, 4.69) is 19.2 Å². The Morgan fingerprint density at radius 2 is 1.88 bits per heavy atom. The van der Waals surface area contributed by atoms with Gasteiger partial charge in [-0.05, 0) is 25.8 Å². The Kier molecular flexibility index (Phi) is 7.54. The van der Waals surface area contributed by atoms with Crippen LogP contribution < -0.4 is 5.32 Å². The SMILES string of the molecule is CCN(CC(=O)O)C(C)C(=O)NCCC(C)C. The number of nitrogens with zero attached hydrogens (tertiary/aromatic N) is 1. The van der Waals surface area contributed by atoms with E-state index in [0.29, 0.717) is 19.0 Å². The van der Waals surface area contributed by atoms with Gasteiger partial charge in [0, 0.05) is 6.54 Å². The van der Waals surface area contributed by atoms with Crippen LogP contribution in [0.15, 0.2) is 0 Å². The largest absolute Gasteiger partial charge is 0.480 e. The maximum Gasteiger partial charge on any atom is 0.317 e. The summed E-state index contributed by atoms with van der Waals surface area (Å²) in [5.74, 6) is -0.464. The lowest BCUT2D eigenvalue weighted by Gasteiger charge is -2.25. The van der Waals surface area contributed by atoms with Gasteiger partial charge in [-0.25, -0.2) is 0 Å². The van der Waals surface area contributed by atoms with E-state index in [4.69, 9.17) is 5.11 Å². The molecule has 0 aromatic heterocycles. The monoisotopic (exact) mass is 244 g/mol. The van der Waals surface area contributed by atoms with Gasteiger partial charge in [-0.3, -0.25) is 14.5 Å². The van der Waals surface area contributed by atoms with Crippen molar-refractivity contribution in [3.8, 4) is 0 Å². The summed E-state index contributed by atoms with van der Waals surface area (Å²) in [5, 5.41) is 11.5. The lowest BCUT2D eigenvalue weighted by atomic mass is 10.1. The molecule has 0 radical (unpaired) electrons. The molecule has 0 fully saturated rings. The number of rotatable bonds is 8. The number of aliphatic carboxylic acids is 1. The van der Waals surface area contributed by atoms with Gasteiger partial charge in [0.15, 0.2) is 0 Å². The molecule has 5 nitrogen and oxygen atoms in total. The number of carboxylic acid groups (broad SMARTS) is 1. The molecular weight excluding hydrogens is 220 g/mol. The fourth-order valence-corrected chi connectivity index (χ4v) is 1.49. The van der Waals surface area contributed by atoms with Crippen molar-refractivity contribution in [3.63, 3.8) is 0 Å². The van der Waals surface area contributed by atoms with Crippen molar-refractivity contribution >= 4 is 11.9 Å². The van der Waals surface area contributed by atoms with Crippen molar-refractivity contribution < 1.29 is 14.7 Å². The first-order valence-corrected chi connectivity index (χ1v) is 6.12. The maximum atomic E-state index is 11.8. The van der Waals surface area contributed by atoms with Crippen LogP contribution in [0.2, 0.25) is 0 Å². The topological polar surface area (TPSA) is 69.6 Å². The molecule has 0 saturated carbocycles. The third kappa shape index (κ3) is 6.94. The van der Waals surface area contributed by atoms with Gasteiger partial charge in [-0.2, -0.15) is 0 Å². The summed E-state index contributed by atoms with van der Waals surface area (Å²) in [6.07, 6.45) is 0.934. The van der Waals surface area contributed by atoms with E-state index in [1.165, 1.54) is 0 Å². The van der Waals surface area contributed by atoms with Gasteiger partial charge in [-0.1, -0.05) is 20.8 Å². The average molecular weight is 244 g/mol. The molecular formula is C12H24N2O3. The lowest BCUT2D eigenvalue weighted by Crippen LogP contribution is -2.47. The predicted molar refractivity (Wildman–Crippen MR) is 66.8 cm³/mol. The summed E-state index contributed by atoms with van der Waals surface area (Å²) in [5.41, 5.74) is 0. The predicted octanol–water partition coefficient (Wildman–Crippen LogP) is 0.944. The zero-order valence-corrected chi connectivity index (χ0v) is 11.2. The first-order valence-electron chi connectivity index (χ1n) is 6.12. The summed E-state index contributed by atoms with van der Waals surface area (Å²) < 4.78 is 0. The molecule has 0 heterocycles. The Morgan fingerprint density at radius 3 is 2.29 bits per heavy atom. The van der Waals surface area contributed by atoms with Crippen LogP contribution in [0, 0.1) is 5.92 Å². The van der Waals surface area contributed by atoms with E-state index in [1.807, 2.05) is 6.92 Å². The molecule has 0 aromatic rings. The van der Waals surface area contributed by atoms with Crippen LogP contribution in [0.4, 0.5) is 0 Å². The maximum absolute atomic E-state index is 11.8. The smallest absolute Gasteiger partial charge is 0.317 e. The summed E-state index contributed by atoms with van der Waals surface area (Å²) in [7, 11) is 0. The lowest BCUT2D eigenvalue weighted by molar-refractivity contribution is -0.139. The van der Waals surface area contributed by atoms with E-state index in [9.17, 15) is 9.59 Å². The van der Waals surface area contributed by atoms with E-state index >= 15 is 0 Å². The van der Waals surface area contributed by atoms with Crippen LogP contribution in [-0.4, -0.2) is 47.6 Å². The van der Waals surface area contributed by atoms with Crippen LogP contribution in [-0.2, 0) is 9.59 Å². The summed E-state index contributed by atoms with van der Waals surface area (Å²) >= 11 is 0. The number of nitrogens with one attached hydrogen (secondary N) is 1. The minimum absolute atomic E-state index is 0.102. The molecule has 0 aliphatic carbocycles. The molecule has 0 spiro atoms. The third-order valence-corrected chi connectivity index (χ3v) is 2.69. The highest BCUT2D eigenvalue weighted by Crippen LogP contribution is 2.00. The standard InChI is InChI=1S/C12H24N2O3/c1-5-14(8-11(15)16)10(4)12(17)13-7-6-9(2)3/h9-10H,5-8H2,1-4H3,(H,13,17)(H,15,16). The average Bonchev–Trinajstić information content (AvgIpc) is 2.23. The van der Waals surface area contributed by atoms with Crippen LogP contribution in [0.1, 0.15) is 34.1 Å². The molecule has 1 amide bonds. The number of hydrogen-bond acceptors (Lipinski definition) is 3. The molecule has 5 heteroatoms. The number of amides is 1. The highest BCUT2D eigenvalue weighted by molar-refractivity contribution is 5.82. The molecule has 0 aliphatic rings. The van der Waals surface area contributed by atoms with Gasteiger partial charge in [-0.15, -0.1) is 0 Å². The van der Waals surface area contributed by atoms with Gasteiger partial charge in [0.2, 0.25) is 5.91 Å². The van der Waals surface area contributed by atoms with Crippen molar-refractivity contribution in [2.75, 3.05) is 19.6 Å². The minimum atomic E-state index is -0.909. The van der Waals surface area contributed by atoms with Gasteiger partial charge in [0.1, 0.15) is 0 Å². The normalized spacial score (nSPS) is 12.8. The fourth-order valence-electron chi connectivity index (χ4n) is 1.49. The molecule has 100 valence electrons. The zero-order chi connectivity index (χ0) is 13.4. The third-order valence-electron chi connectivity index (χ3n) is 2.69. The van der Waals surface area contributed by atoms with Crippen molar-refractivity contribution in [2.45, 2.75) is 40.2 Å². The van der Waals surface area contributed by atoms with Crippen molar-refractivity contribution in [3.05, 3.63) is 0 Å². The van der Waals surface area contributed by atoms with Crippen molar-refractivity contribution in [2.24, 2.45) is 5.92 Å². The summed E-state index contributed by atoms with van der Waals surface area (Å²) in [4.78, 5) is 24.0. The molecule has 17 heavy (non-hydrogen) atoms. The Bertz CT molecular complexity index is 254. The van der Waals surface area contributed by atoms with Gasteiger partial charge in [0.05, 0.1) is 12.6 Å². The van der Waals surface area contributed by atoms with Crippen LogP contribution in [0.5, 0.6) is 0 Å². The number of likely N-dealkylation sites (N-methyl/N-ethyl adjacent to an activating group) is 1. The number of carboxylic acids is 1. The molecule has 1 unspecified atom stereocenters. The minimum Gasteiger partial charge on any atom is -0.480 e. The zero-order valence-electron chi connectivity index (χ0n) is 11.2. The van der Waals surface area contributed by atoms with Gasteiger partial charge < -0.3 is 10.4 Å². The second-order valence-corrected chi connectivity index (χ2v) is 4.61. The van der Waals surface area contributed by atoms with E-state index in [0.717, 1.165) is 6.42 Å². The number of hydrogen-bond donors (Lipinski definition) is 2. The number of carbonyl (C=O) groups excluding carboxylic acids is 1. The first kappa shape index (κ1) is 15.9. The highest BCUT2D eigenvalue weighted by Gasteiger charge is 2.21.